The van der Waals surface area contributed by atoms with Gasteiger partial charge in [-0.3, -0.25) is 0 Å². The van der Waals surface area contributed by atoms with E-state index in [1.807, 2.05) is 6.92 Å². The van der Waals surface area contributed by atoms with Crippen molar-refractivity contribution < 1.29 is 5.11 Å². The smallest absolute Gasteiger partial charge is 0.0514 e. The fraction of sp³-hybridized carbons (Fsp3) is 1.00. The minimum absolute atomic E-state index is 0.0967. The number of hydrogen-bond donors (Lipinski definition) is 1. The fourth-order valence-electron chi connectivity index (χ4n) is 1.40. The Bertz CT molecular complexity index is 84.6. The lowest BCUT2D eigenvalue weighted by Gasteiger charge is -2.10. The van der Waals surface area contributed by atoms with Gasteiger partial charge in [-0.05, 0) is 38.0 Å². The maximum atomic E-state index is 9.00. The van der Waals surface area contributed by atoms with Crippen LogP contribution >= 0.6 is 0 Å². The van der Waals surface area contributed by atoms with Gasteiger partial charge in [0.2, 0.25) is 0 Å². The summed E-state index contributed by atoms with van der Waals surface area (Å²) >= 11 is 0. The molecule has 0 aromatic carbocycles. The molecule has 1 rings (SSSR count). The van der Waals surface area contributed by atoms with E-state index in [1.54, 1.807) is 0 Å². The van der Waals surface area contributed by atoms with Crippen molar-refractivity contribution in [1.29, 1.82) is 0 Å². The molecule has 0 amide bonds. The molecule has 0 spiro atoms. The quantitative estimate of drug-likeness (QED) is 0.614. The highest BCUT2D eigenvalue weighted by Gasteiger charge is 2.28. The van der Waals surface area contributed by atoms with Crippen LogP contribution in [-0.2, 0) is 0 Å². The molecule has 1 N–H and O–H groups in total. The predicted molar refractivity (Wildman–Crippen MR) is 38.2 cm³/mol. The van der Waals surface area contributed by atoms with Crippen molar-refractivity contribution in [3.63, 3.8) is 0 Å². The van der Waals surface area contributed by atoms with Crippen molar-refractivity contribution >= 4 is 0 Å². The summed E-state index contributed by atoms with van der Waals surface area (Å²) in [7, 11) is 0. The average molecular weight is 128 g/mol. The molecule has 0 saturated heterocycles. The molecule has 54 valence electrons. The molecule has 0 aromatic rings. The van der Waals surface area contributed by atoms with Gasteiger partial charge in [-0.15, -0.1) is 0 Å². The molecule has 1 aliphatic carbocycles. The fourth-order valence-corrected chi connectivity index (χ4v) is 1.40. The maximum absolute atomic E-state index is 9.00. The second kappa shape index (κ2) is 2.70. The Morgan fingerprint density at radius 1 is 1.44 bits per heavy atom. The van der Waals surface area contributed by atoms with Gasteiger partial charge in [0.05, 0.1) is 6.10 Å². The van der Waals surface area contributed by atoms with Gasteiger partial charge in [0.1, 0.15) is 0 Å². The standard InChI is InChI=1S/C8H16O/c1-6(5-7(2)9)8-3-4-8/h6-9H,3-5H2,1-2H3/t6?,7-/m0/s1. The van der Waals surface area contributed by atoms with E-state index in [0.717, 1.165) is 18.3 Å². The molecular weight excluding hydrogens is 112 g/mol. The SMILES string of the molecule is CC(C[C@H](C)O)C1CC1. The van der Waals surface area contributed by atoms with E-state index in [4.69, 9.17) is 5.11 Å². The first-order chi connectivity index (χ1) is 4.20. The van der Waals surface area contributed by atoms with E-state index >= 15 is 0 Å². The van der Waals surface area contributed by atoms with Gasteiger partial charge >= 0.3 is 0 Å². The Morgan fingerprint density at radius 3 is 2.33 bits per heavy atom. The molecule has 0 heterocycles. The Morgan fingerprint density at radius 2 is 2.00 bits per heavy atom. The normalized spacial score (nSPS) is 25.7. The van der Waals surface area contributed by atoms with Gasteiger partial charge in [-0.25, -0.2) is 0 Å². The molecule has 0 aromatic heterocycles. The second-order valence-electron chi connectivity index (χ2n) is 3.40. The first-order valence-corrected chi connectivity index (χ1v) is 3.88. The summed E-state index contributed by atoms with van der Waals surface area (Å²) in [6.07, 6.45) is 3.69. The van der Waals surface area contributed by atoms with E-state index in [-0.39, 0.29) is 6.10 Å². The Kier molecular flexibility index (Phi) is 2.12. The molecule has 2 atom stereocenters. The van der Waals surface area contributed by atoms with E-state index < -0.39 is 0 Å². The summed E-state index contributed by atoms with van der Waals surface area (Å²) in [6, 6.07) is 0. The van der Waals surface area contributed by atoms with Crippen LogP contribution in [0, 0.1) is 11.8 Å². The molecule has 0 radical (unpaired) electrons. The van der Waals surface area contributed by atoms with Crippen LogP contribution < -0.4 is 0 Å². The molecule has 1 nitrogen and oxygen atoms in total. The van der Waals surface area contributed by atoms with Gasteiger partial charge in [-0.1, -0.05) is 6.92 Å². The lowest BCUT2D eigenvalue weighted by atomic mass is 10.00. The van der Waals surface area contributed by atoms with E-state index in [9.17, 15) is 0 Å². The summed E-state index contributed by atoms with van der Waals surface area (Å²) in [5, 5.41) is 9.00. The highest BCUT2D eigenvalue weighted by atomic mass is 16.3. The molecule has 1 unspecified atom stereocenters. The van der Waals surface area contributed by atoms with Gasteiger partial charge in [0.15, 0.2) is 0 Å². The van der Waals surface area contributed by atoms with E-state index in [2.05, 4.69) is 6.92 Å². The third-order valence-electron chi connectivity index (χ3n) is 2.14. The first-order valence-electron chi connectivity index (χ1n) is 3.88. The van der Waals surface area contributed by atoms with Crippen LogP contribution in [-0.4, -0.2) is 11.2 Å². The van der Waals surface area contributed by atoms with Crippen LogP contribution in [0.4, 0.5) is 0 Å². The third kappa shape index (κ3) is 2.35. The van der Waals surface area contributed by atoms with Crippen LogP contribution in [0.25, 0.3) is 0 Å². The molecule has 1 saturated carbocycles. The van der Waals surface area contributed by atoms with Crippen LogP contribution in [0.5, 0.6) is 0 Å². The molecule has 1 fully saturated rings. The van der Waals surface area contributed by atoms with Crippen LogP contribution in [0.2, 0.25) is 0 Å². The van der Waals surface area contributed by atoms with Crippen molar-refractivity contribution in [1.82, 2.24) is 0 Å². The number of aliphatic hydroxyl groups is 1. The highest BCUT2D eigenvalue weighted by Crippen LogP contribution is 2.38. The minimum Gasteiger partial charge on any atom is -0.393 e. The van der Waals surface area contributed by atoms with Crippen molar-refractivity contribution in [3.8, 4) is 0 Å². The average Bonchev–Trinajstić information content (AvgIpc) is 2.40. The van der Waals surface area contributed by atoms with Crippen molar-refractivity contribution in [2.75, 3.05) is 0 Å². The summed E-state index contributed by atoms with van der Waals surface area (Å²) in [4.78, 5) is 0. The molecule has 1 aliphatic rings. The molecular formula is C8H16O. The van der Waals surface area contributed by atoms with Crippen LogP contribution in [0.3, 0.4) is 0 Å². The topological polar surface area (TPSA) is 20.2 Å². The van der Waals surface area contributed by atoms with E-state index in [1.165, 1.54) is 12.8 Å². The summed E-state index contributed by atoms with van der Waals surface area (Å²) < 4.78 is 0. The Labute approximate surface area is 57.1 Å². The van der Waals surface area contributed by atoms with Gasteiger partial charge in [-0.2, -0.15) is 0 Å². The lowest BCUT2D eigenvalue weighted by molar-refractivity contribution is 0.158. The summed E-state index contributed by atoms with van der Waals surface area (Å²) in [6.45, 7) is 4.11. The van der Waals surface area contributed by atoms with Crippen molar-refractivity contribution in [3.05, 3.63) is 0 Å². The Balaban J connectivity index is 2.10. The van der Waals surface area contributed by atoms with Crippen molar-refractivity contribution in [2.45, 2.75) is 39.2 Å². The molecule has 0 aliphatic heterocycles. The third-order valence-corrected chi connectivity index (χ3v) is 2.14. The van der Waals surface area contributed by atoms with Gasteiger partial charge in [0, 0.05) is 0 Å². The zero-order valence-electron chi connectivity index (χ0n) is 6.30. The predicted octanol–water partition coefficient (Wildman–Crippen LogP) is 1.80. The summed E-state index contributed by atoms with van der Waals surface area (Å²) in [5.41, 5.74) is 0. The molecule has 0 bridgehead atoms. The van der Waals surface area contributed by atoms with Crippen molar-refractivity contribution in [2.24, 2.45) is 11.8 Å². The highest BCUT2D eigenvalue weighted by molar-refractivity contribution is 4.79. The molecule has 9 heavy (non-hydrogen) atoms. The van der Waals surface area contributed by atoms with Gasteiger partial charge in [0.25, 0.3) is 0 Å². The first kappa shape index (κ1) is 7.07. The van der Waals surface area contributed by atoms with Gasteiger partial charge < -0.3 is 5.11 Å². The lowest BCUT2D eigenvalue weighted by Crippen LogP contribution is -2.08. The number of rotatable bonds is 3. The number of hydrogen-bond acceptors (Lipinski definition) is 1. The largest absolute Gasteiger partial charge is 0.393 e. The maximum Gasteiger partial charge on any atom is 0.0514 e. The van der Waals surface area contributed by atoms with Crippen LogP contribution in [0.15, 0.2) is 0 Å². The Hall–Kier alpha value is -0.0400. The zero-order chi connectivity index (χ0) is 6.85. The monoisotopic (exact) mass is 128 g/mol. The minimum atomic E-state index is -0.0967. The van der Waals surface area contributed by atoms with E-state index in [0.29, 0.717) is 0 Å². The van der Waals surface area contributed by atoms with Crippen LogP contribution in [0.1, 0.15) is 33.1 Å². The zero-order valence-corrected chi connectivity index (χ0v) is 6.30. The second-order valence-corrected chi connectivity index (χ2v) is 3.40. The summed E-state index contributed by atoms with van der Waals surface area (Å²) in [5.74, 6) is 1.70. The molecule has 1 heteroatoms. The number of aliphatic hydroxyl groups excluding tert-OH is 1.